The normalized spacial score (nSPS) is 10.3. The largest absolute Gasteiger partial charge is 0.489 e. The summed E-state index contributed by atoms with van der Waals surface area (Å²) in [5.41, 5.74) is 0. The van der Waals surface area contributed by atoms with E-state index in [0.717, 1.165) is 13.0 Å². The highest BCUT2D eigenvalue weighted by Crippen LogP contribution is 2.31. The first kappa shape index (κ1) is 12.5. The summed E-state index contributed by atoms with van der Waals surface area (Å²) in [7, 11) is 1.59. The van der Waals surface area contributed by atoms with E-state index >= 15 is 0 Å². The zero-order chi connectivity index (χ0) is 12.0. The third kappa shape index (κ3) is 3.25. The van der Waals surface area contributed by atoms with E-state index in [2.05, 4.69) is 22.2 Å². The van der Waals surface area contributed by atoms with Crippen molar-refractivity contribution < 1.29 is 9.47 Å². The molecule has 0 bridgehead atoms. The molecule has 1 aromatic heterocycles. The molecule has 0 fully saturated rings. The summed E-state index contributed by atoms with van der Waals surface area (Å²) < 4.78 is 10.8. The highest BCUT2D eigenvalue weighted by atomic mass is 16.5. The maximum atomic E-state index is 5.54. The van der Waals surface area contributed by atoms with Crippen molar-refractivity contribution in [2.75, 3.05) is 19.0 Å². The molecule has 0 atom stereocenters. The minimum atomic E-state index is 0.0582. The summed E-state index contributed by atoms with van der Waals surface area (Å²) in [6.07, 6.45) is 2.55. The number of nitrogens with one attached hydrogen (secondary N) is 1. The minimum Gasteiger partial charge on any atom is -0.489 e. The van der Waals surface area contributed by atoms with Gasteiger partial charge in [-0.25, -0.2) is 4.98 Å². The van der Waals surface area contributed by atoms with Gasteiger partial charge in [-0.05, 0) is 20.3 Å². The lowest BCUT2D eigenvalue weighted by molar-refractivity contribution is 0.220. The van der Waals surface area contributed by atoms with Crippen LogP contribution < -0.4 is 14.8 Å². The van der Waals surface area contributed by atoms with Gasteiger partial charge in [0.25, 0.3) is 5.88 Å². The van der Waals surface area contributed by atoms with Crippen molar-refractivity contribution >= 4 is 5.82 Å². The monoisotopic (exact) mass is 225 g/mol. The summed E-state index contributed by atoms with van der Waals surface area (Å²) in [5, 5.41) is 3.17. The lowest BCUT2D eigenvalue weighted by atomic mass is 10.4. The van der Waals surface area contributed by atoms with E-state index in [1.165, 1.54) is 6.33 Å². The summed E-state index contributed by atoms with van der Waals surface area (Å²) >= 11 is 0. The van der Waals surface area contributed by atoms with E-state index in [-0.39, 0.29) is 6.10 Å². The summed E-state index contributed by atoms with van der Waals surface area (Å²) in [4.78, 5) is 8.19. The SMILES string of the molecule is CCCNc1ncnc(OC(C)C)c1OC. The minimum absolute atomic E-state index is 0.0582. The van der Waals surface area contributed by atoms with Gasteiger partial charge in [0.05, 0.1) is 13.2 Å². The summed E-state index contributed by atoms with van der Waals surface area (Å²) in [6, 6.07) is 0. The molecule has 1 aromatic rings. The molecule has 5 nitrogen and oxygen atoms in total. The third-order valence-electron chi connectivity index (χ3n) is 1.87. The molecule has 0 aliphatic carbocycles. The van der Waals surface area contributed by atoms with Crippen LogP contribution in [0.4, 0.5) is 5.82 Å². The van der Waals surface area contributed by atoms with Gasteiger partial charge < -0.3 is 14.8 Å². The van der Waals surface area contributed by atoms with Crippen molar-refractivity contribution in [3.63, 3.8) is 0 Å². The van der Waals surface area contributed by atoms with E-state index in [4.69, 9.17) is 9.47 Å². The van der Waals surface area contributed by atoms with Crippen LogP contribution in [0.1, 0.15) is 27.2 Å². The summed E-state index contributed by atoms with van der Waals surface area (Å²) in [6.45, 7) is 6.82. The number of ether oxygens (including phenoxy) is 2. The van der Waals surface area contributed by atoms with E-state index in [1.807, 2.05) is 13.8 Å². The maximum absolute atomic E-state index is 5.54. The first-order valence-corrected chi connectivity index (χ1v) is 5.48. The molecule has 0 radical (unpaired) electrons. The van der Waals surface area contributed by atoms with Gasteiger partial charge in [0, 0.05) is 6.54 Å². The first-order chi connectivity index (χ1) is 7.69. The Balaban J connectivity index is 2.91. The van der Waals surface area contributed by atoms with Gasteiger partial charge in [0.2, 0.25) is 5.75 Å². The Kier molecular flexibility index (Phi) is 4.82. The van der Waals surface area contributed by atoms with E-state index in [9.17, 15) is 0 Å². The Labute approximate surface area is 96.2 Å². The molecule has 16 heavy (non-hydrogen) atoms. The Bertz CT molecular complexity index is 329. The maximum Gasteiger partial charge on any atom is 0.262 e. The fourth-order valence-corrected chi connectivity index (χ4v) is 1.22. The quantitative estimate of drug-likeness (QED) is 0.803. The lowest BCUT2D eigenvalue weighted by Crippen LogP contribution is -2.11. The number of aromatic nitrogens is 2. The van der Waals surface area contributed by atoms with Crippen molar-refractivity contribution in [2.45, 2.75) is 33.3 Å². The van der Waals surface area contributed by atoms with Gasteiger partial charge in [-0.1, -0.05) is 6.92 Å². The Morgan fingerprint density at radius 3 is 2.69 bits per heavy atom. The number of hydrogen-bond donors (Lipinski definition) is 1. The second kappa shape index (κ2) is 6.15. The topological polar surface area (TPSA) is 56.3 Å². The van der Waals surface area contributed by atoms with Crippen LogP contribution in [0, 0.1) is 0 Å². The fraction of sp³-hybridized carbons (Fsp3) is 0.636. The Morgan fingerprint density at radius 1 is 1.38 bits per heavy atom. The van der Waals surface area contributed by atoms with Crippen molar-refractivity contribution in [3.05, 3.63) is 6.33 Å². The molecule has 0 saturated carbocycles. The average Bonchev–Trinajstić information content (AvgIpc) is 2.25. The molecule has 0 aliphatic heterocycles. The van der Waals surface area contributed by atoms with Crippen LogP contribution >= 0.6 is 0 Å². The predicted octanol–water partition coefficient (Wildman–Crippen LogP) is 2.09. The number of nitrogens with zero attached hydrogens (tertiary/aromatic N) is 2. The van der Waals surface area contributed by atoms with Crippen LogP contribution in [0.3, 0.4) is 0 Å². The van der Waals surface area contributed by atoms with Crippen LogP contribution in [-0.4, -0.2) is 29.7 Å². The molecule has 0 unspecified atom stereocenters. The van der Waals surface area contributed by atoms with Gasteiger partial charge in [-0.2, -0.15) is 4.98 Å². The van der Waals surface area contributed by atoms with Crippen molar-refractivity contribution in [1.82, 2.24) is 9.97 Å². The second-order valence-electron chi connectivity index (χ2n) is 3.65. The molecule has 1 N–H and O–H groups in total. The highest BCUT2D eigenvalue weighted by Gasteiger charge is 2.13. The molecule has 0 saturated heterocycles. The molecule has 1 rings (SSSR count). The third-order valence-corrected chi connectivity index (χ3v) is 1.87. The zero-order valence-corrected chi connectivity index (χ0v) is 10.3. The Morgan fingerprint density at radius 2 is 2.12 bits per heavy atom. The second-order valence-corrected chi connectivity index (χ2v) is 3.65. The van der Waals surface area contributed by atoms with Crippen molar-refractivity contribution in [3.8, 4) is 11.6 Å². The van der Waals surface area contributed by atoms with Crippen LogP contribution in [0.15, 0.2) is 6.33 Å². The zero-order valence-electron chi connectivity index (χ0n) is 10.3. The molecule has 0 amide bonds. The number of rotatable bonds is 6. The standard InChI is InChI=1S/C11H19N3O2/c1-5-6-12-10-9(15-4)11(14-7-13-10)16-8(2)3/h7-8H,5-6H2,1-4H3,(H,12,13,14). The molecule has 1 heterocycles. The van der Waals surface area contributed by atoms with Crippen LogP contribution in [-0.2, 0) is 0 Å². The molecule has 90 valence electrons. The fourth-order valence-electron chi connectivity index (χ4n) is 1.22. The molecular formula is C11H19N3O2. The molecule has 0 spiro atoms. The van der Waals surface area contributed by atoms with Crippen molar-refractivity contribution in [1.29, 1.82) is 0 Å². The van der Waals surface area contributed by atoms with Gasteiger partial charge in [0.1, 0.15) is 6.33 Å². The van der Waals surface area contributed by atoms with Gasteiger partial charge in [-0.3, -0.25) is 0 Å². The lowest BCUT2D eigenvalue weighted by Gasteiger charge is -2.14. The number of anilines is 1. The molecule has 0 aliphatic rings. The van der Waals surface area contributed by atoms with Crippen LogP contribution in [0.5, 0.6) is 11.6 Å². The smallest absolute Gasteiger partial charge is 0.262 e. The van der Waals surface area contributed by atoms with Gasteiger partial charge in [0.15, 0.2) is 5.82 Å². The van der Waals surface area contributed by atoms with Crippen LogP contribution in [0.2, 0.25) is 0 Å². The number of hydrogen-bond acceptors (Lipinski definition) is 5. The summed E-state index contributed by atoms with van der Waals surface area (Å²) in [5.74, 6) is 1.71. The molecular weight excluding hydrogens is 206 g/mol. The van der Waals surface area contributed by atoms with E-state index < -0.39 is 0 Å². The molecule has 0 aromatic carbocycles. The predicted molar refractivity (Wildman–Crippen MR) is 63.1 cm³/mol. The first-order valence-electron chi connectivity index (χ1n) is 5.48. The Hall–Kier alpha value is -1.52. The van der Waals surface area contributed by atoms with E-state index in [0.29, 0.717) is 17.4 Å². The van der Waals surface area contributed by atoms with Gasteiger partial charge in [-0.15, -0.1) is 0 Å². The number of methoxy groups -OCH3 is 1. The van der Waals surface area contributed by atoms with Crippen LogP contribution in [0.25, 0.3) is 0 Å². The van der Waals surface area contributed by atoms with Gasteiger partial charge >= 0.3 is 0 Å². The molecule has 5 heteroatoms. The van der Waals surface area contributed by atoms with E-state index in [1.54, 1.807) is 7.11 Å². The highest BCUT2D eigenvalue weighted by molar-refractivity contribution is 5.54. The van der Waals surface area contributed by atoms with Crippen molar-refractivity contribution in [2.24, 2.45) is 0 Å². The average molecular weight is 225 g/mol.